The van der Waals surface area contributed by atoms with E-state index < -0.39 is 6.04 Å². The van der Waals surface area contributed by atoms with Gasteiger partial charge in [0.25, 0.3) is 5.91 Å². The van der Waals surface area contributed by atoms with Crippen molar-refractivity contribution < 1.29 is 4.79 Å². The topological polar surface area (TPSA) is 85.6 Å². The van der Waals surface area contributed by atoms with Gasteiger partial charge < -0.3 is 5.32 Å². The lowest BCUT2D eigenvalue weighted by Gasteiger charge is -2.28. The third-order valence-corrected chi connectivity index (χ3v) is 5.62. The van der Waals surface area contributed by atoms with Gasteiger partial charge in [0, 0.05) is 49.3 Å². The molecule has 166 valence electrons. The van der Waals surface area contributed by atoms with Crippen LogP contribution in [0.4, 0.5) is 0 Å². The molecule has 0 saturated carbocycles. The van der Waals surface area contributed by atoms with Gasteiger partial charge in [-0.15, -0.1) is 0 Å². The first-order valence-corrected chi connectivity index (χ1v) is 10.9. The lowest BCUT2D eigenvalue weighted by atomic mass is 9.83. The lowest BCUT2D eigenvalue weighted by Crippen LogP contribution is -2.33. The summed E-state index contributed by atoms with van der Waals surface area (Å²) in [6.45, 7) is 0. The van der Waals surface area contributed by atoms with Crippen LogP contribution in [0.25, 0.3) is 5.69 Å². The molecule has 0 spiro atoms. The number of hydrogen-bond donors (Lipinski definition) is 1. The monoisotopic (exact) mass is 446 g/mol. The van der Waals surface area contributed by atoms with E-state index in [4.69, 9.17) is 0 Å². The molecular weight excluding hydrogens is 424 g/mol. The quantitative estimate of drug-likeness (QED) is 0.401. The first-order valence-electron chi connectivity index (χ1n) is 10.9. The Labute approximate surface area is 197 Å². The number of para-hydroxylation sites is 1. The maximum Gasteiger partial charge on any atom is 0.254 e. The molecule has 0 saturated heterocycles. The minimum absolute atomic E-state index is 0.222. The Kier molecular flexibility index (Phi) is 6.16. The number of nitrogens with one attached hydrogen (secondary N) is 1. The predicted octanol–water partition coefficient (Wildman–Crippen LogP) is 4.36. The van der Waals surface area contributed by atoms with Gasteiger partial charge in [-0.1, -0.05) is 36.4 Å². The smallest absolute Gasteiger partial charge is 0.254 e. The van der Waals surface area contributed by atoms with Gasteiger partial charge in [-0.05, 0) is 47.0 Å². The van der Waals surface area contributed by atoms with E-state index in [2.05, 4.69) is 25.4 Å². The van der Waals surface area contributed by atoms with Gasteiger partial charge in [0.2, 0.25) is 0 Å². The van der Waals surface area contributed by atoms with E-state index in [0.717, 1.165) is 22.4 Å². The first-order chi connectivity index (χ1) is 16.8. The van der Waals surface area contributed by atoms with Crippen molar-refractivity contribution >= 4 is 5.91 Å². The molecule has 0 aliphatic rings. The second-order valence-electron chi connectivity index (χ2n) is 7.80. The predicted molar refractivity (Wildman–Crippen MR) is 128 cm³/mol. The minimum atomic E-state index is -0.408. The second kappa shape index (κ2) is 9.87. The molecule has 1 atom stereocenters. The van der Waals surface area contributed by atoms with Gasteiger partial charge in [-0.25, -0.2) is 4.68 Å². The molecule has 5 aromatic rings. The van der Waals surface area contributed by atoms with Crippen molar-refractivity contribution in [2.75, 3.05) is 0 Å². The standard InChI is InChI=1S/C27H22N6O/c34-27(23-18-31-33(19-23)24-10-2-1-3-11-24)32-26(22-9-6-14-30-17-22)25(20-7-4-12-28-15-20)21-8-5-13-29-16-21/h1-19,25-26H,(H,32,34). The van der Waals surface area contributed by atoms with Crippen molar-refractivity contribution in [2.45, 2.75) is 12.0 Å². The summed E-state index contributed by atoms with van der Waals surface area (Å²) >= 11 is 0. The van der Waals surface area contributed by atoms with E-state index in [1.54, 1.807) is 41.9 Å². The molecule has 4 aromatic heterocycles. The average molecular weight is 447 g/mol. The molecule has 0 bridgehead atoms. The number of amides is 1. The van der Waals surface area contributed by atoms with Crippen LogP contribution in [-0.4, -0.2) is 30.6 Å². The normalized spacial score (nSPS) is 11.8. The highest BCUT2D eigenvalue weighted by molar-refractivity contribution is 5.94. The maximum absolute atomic E-state index is 13.4. The maximum atomic E-state index is 13.4. The van der Waals surface area contributed by atoms with E-state index in [0.29, 0.717) is 5.56 Å². The van der Waals surface area contributed by atoms with Crippen LogP contribution in [-0.2, 0) is 0 Å². The van der Waals surface area contributed by atoms with Gasteiger partial charge in [0.15, 0.2) is 0 Å². The highest BCUT2D eigenvalue weighted by Crippen LogP contribution is 2.36. The summed E-state index contributed by atoms with van der Waals surface area (Å²) in [5.74, 6) is -0.450. The average Bonchev–Trinajstić information content (AvgIpc) is 3.41. The Morgan fingerprint density at radius 3 is 1.85 bits per heavy atom. The van der Waals surface area contributed by atoms with Crippen molar-refractivity contribution in [3.8, 4) is 5.69 Å². The third-order valence-electron chi connectivity index (χ3n) is 5.62. The molecule has 34 heavy (non-hydrogen) atoms. The zero-order valence-corrected chi connectivity index (χ0v) is 18.3. The van der Waals surface area contributed by atoms with Crippen LogP contribution in [0.2, 0.25) is 0 Å². The molecule has 1 N–H and O–H groups in total. The molecule has 1 aromatic carbocycles. The first kappa shape index (κ1) is 21.2. The second-order valence-corrected chi connectivity index (χ2v) is 7.80. The summed E-state index contributed by atoms with van der Waals surface area (Å²) in [5.41, 5.74) is 4.15. The summed E-state index contributed by atoms with van der Waals surface area (Å²) in [4.78, 5) is 26.4. The Balaban J connectivity index is 1.53. The molecule has 1 amide bonds. The van der Waals surface area contributed by atoms with Crippen molar-refractivity contribution in [3.63, 3.8) is 0 Å². The molecule has 7 heteroatoms. The van der Waals surface area contributed by atoms with Crippen LogP contribution in [0, 0.1) is 0 Å². The van der Waals surface area contributed by atoms with Crippen LogP contribution in [0.15, 0.2) is 116 Å². The molecule has 4 heterocycles. The fourth-order valence-corrected chi connectivity index (χ4v) is 4.00. The van der Waals surface area contributed by atoms with Gasteiger partial charge in [-0.3, -0.25) is 19.7 Å². The van der Waals surface area contributed by atoms with E-state index in [1.807, 2.05) is 79.1 Å². The molecule has 0 aliphatic heterocycles. The summed E-state index contributed by atoms with van der Waals surface area (Å²) < 4.78 is 1.69. The summed E-state index contributed by atoms with van der Waals surface area (Å²) in [6.07, 6.45) is 13.9. The molecule has 0 radical (unpaired) electrons. The lowest BCUT2D eigenvalue weighted by molar-refractivity contribution is 0.0933. The number of aromatic nitrogens is 5. The molecule has 0 fully saturated rings. The van der Waals surface area contributed by atoms with Gasteiger partial charge in [0.1, 0.15) is 0 Å². The minimum Gasteiger partial charge on any atom is -0.344 e. The fraction of sp³-hybridized carbons (Fsp3) is 0.0741. The summed E-state index contributed by atoms with van der Waals surface area (Å²) in [5, 5.41) is 7.60. The van der Waals surface area contributed by atoms with Crippen molar-refractivity contribution in [1.29, 1.82) is 0 Å². The fourth-order valence-electron chi connectivity index (χ4n) is 4.00. The van der Waals surface area contributed by atoms with Gasteiger partial charge in [0.05, 0.1) is 23.5 Å². The third kappa shape index (κ3) is 4.59. The van der Waals surface area contributed by atoms with Crippen molar-refractivity contribution in [1.82, 2.24) is 30.0 Å². The van der Waals surface area contributed by atoms with Crippen LogP contribution >= 0.6 is 0 Å². The zero-order chi connectivity index (χ0) is 23.2. The summed E-state index contributed by atoms with van der Waals surface area (Å²) in [7, 11) is 0. The molecule has 5 rings (SSSR count). The largest absolute Gasteiger partial charge is 0.344 e. The Morgan fingerprint density at radius 1 is 0.706 bits per heavy atom. The van der Waals surface area contributed by atoms with Gasteiger partial charge >= 0.3 is 0 Å². The number of benzene rings is 1. The Morgan fingerprint density at radius 2 is 1.29 bits per heavy atom. The van der Waals surface area contributed by atoms with Crippen molar-refractivity contribution in [2.24, 2.45) is 0 Å². The van der Waals surface area contributed by atoms with Crippen LogP contribution < -0.4 is 5.32 Å². The van der Waals surface area contributed by atoms with E-state index in [1.165, 1.54) is 0 Å². The number of pyridine rings is 3. The van der Waals surface area contributed by atoms with E-state index in [-0.39, 0.29) is 11.8 Å². The van der Waals surface area contributed by atoms with E-state index >= 15 is 0 Å². The Hall–Kier alpha value is -4.65. The van der Waals surface area contributed by atoms with Crippen LogP contribution in [0.5, 0.6) is 0 Å². The SMILES string of the molecule is O=C(NC(c1cccnc1)C(c1cccnc1)c1cccnc1)c1cnn(-c2ccccc2)c1. The summed E-state index contributed by atoms with van der Waals surface area (Å²) in [6, 6.07) is 20.9. The number of hydrogen-bond acceptors (Lipinski definition) is 5. The number of carbonyl (C=O) groups excluding carboxylic acids is 1. The zero-order valence-electron chi connectivity index (χ0n) is 18.3. The molecular formula is C27H22N6O. The van der Waals surface area contributed by atoms with Crippen molar-refractivity contribution in [3.05, 3.63) is 139 Å². The molecule has 7 nitrogen and oxygen atoms in total. The number of nitrogens with zero attached hydrogens (tertiary/aromatic N) is 5. The highest BCUT2D eigenvalue weighted by atomic mass is 16.1. The molecule has 1 unspecified atom stereocenters. The van der Waals surface area contributed by atoms with Crippen LogP contribution in [0.1, 0.15) is 39.0 Å². The van der Waals surface area contributed by atoms with Gasteiger partial charge in [-0.2, -0.15) is 5.10 Å². The number of carbonyl (C=O) groups is 1. The van der Waals surface area contributed by atoms with E-state index in [9.17, 15) is 4.79 Å². The number of rotatable bonds is 7. The highest BCUT2D eigenvalue weighted by Gasteiger charge is 2.29. The van der Waals surface area contributed by atoms with Crippen LogP contribution in [0.3, 0.4) is 0 Å². The Bertz CT molecular complexity index is 1300. The molecule has 0 aliphatic carbocycles.